The Balaban J connectivity index is 1.59. The van der Waals surface area contributed by atoms with Gasteiger partial charge in [-0.2, -0.15) is 0 Å². The molecule has 31 heavy (non-hydrogen) atoms. The Morgan fingerprint density at radius 2 is 1.94 bits per heavy atom. The Morgan fingerprint density at radius 1 is 1.19 bits per heavy atom. The highest BCUT2D eigenvalue weighted by atomic mass is 32.1. The van der Waals surface area contributed by atoms with E-state index in [4.69, 9.17) is 9.47 Å². The predicted octanol–water partition coefficient (Wildman–Crippen LogP) is 3.06. The second kappa shape index (κ2) is 9.64. The molecule has 164 valence electrons. The molecule has 0 aliphatic carbocycles. The first-order chi connectivity index (χ1) is 15.1. The summed E-state index contributed by atoms with van der Waals surface area (Å²) in [5, 5.41) is 12.5. The number of morpholine rings is 1. The van der Waals surface area contributed by atoms with Crippen LogP contribution in [-0.2, 0) is 9.53 Å². The van der Waals surface area contributed by atoms with Crippen molar-refractivity contribution in [1.82, 2.24) is 9.80 Å². The molecule has 1 aromatic heterocycles. The molecule has 1 aromatic carbocycles. The molecule has 0 radical (unpaired) electrons. The van der Waals surface area contributed by atoms with Crippen molar-refractivity contribution in [2.75, 3.05) is 46.5 Å². The van der Waals surface area contributed by atoms with Crippen LogP contribution in [0.15, 0.2) is 53.1 Å². The lowest BCUT2D eigenvalue weighted by Gasteiger charge is -2.30. The van der Waals surface area contributed by atoms with Crippen LogP contribution in [-0.4, -0.2) is 73.1 Å². The largest absolute Gasteiger partial charge is 0.503 e. The topological polar surface area (TPSA) is 79.3 Å². The number of Topliss-reactive ketones (excluding diaryl/α,β-unsaturated/α-hetero) is 1. The van der Waals surface area contributed by atoms with Crippen LogP contribution in [0.3, 0.4) is 0 Å². The predicted molar refractivity (Wildman–Crippen MR) is 118 cm³/mol. The van der Waals surface area contributed by atoms with Gasteiger partial charge in [-0.1, -0.05) is 18.2 Å². The maximum atomic E-state index is 13.2. The van der Waals surface area contributed by atoms with Crippen molar-refractivity contribution in [1.29, 1.82) is 0 Å². The van der Waals surface area contributed by atoms with Crippen LogP contribution in [0.2, 0.25) is 0 Å². The molecule has 1 N–H and O–H groups in total. The number of ether oxygens (including phenoxy) is 2. The highest BCUT2D eigenvalue weighted by molar-refractivity contribution is 7.12. The van der Waals surface area contributed by atoms with Crippen LogP contribution >= 0.6 is 11.3 Å². The third-order valence-corrected chi connectivity index (χ3v) is 6.57. The van der Waals surface area contributed by atoms with Crippen LogP contribution in [0, 0.1) is 0 Å². The summed E-state index contributed by atoms with van der Waals surface area (Å²) < 4.78 is 10.6. The average Bonchev–Trinajstić information content (AvgIpc) is 3.43. The molecule has 8 heteroatoms. The van der Waals surface area contributed by atoms with E-state index in [0.29, 0.717) is 17.2 Å². The molecule has 0 saturated carbocycles. The van der Waals surface area contributed by atoms with Crippen LogP contribution in [0.4, 0.5) is 0 Å². The standard InChI is InChI=1S/C23H26N2O5S/c1-29-17-7-5-16(6-8-17)20-19(21(26)18-4-2-15-31-18)22(27)23(28)25(20)10-3-9-24-11-13-30-14-12-24/h2,4-8,15,20,27H,3,9-14H2,1H3/t20-/m1/s1. The van der Waals surface area contributed by atoms with E-state index < -0.39 is 17.7 Å². The molecule has 2 aromatic rings. The van der Waals surface area contributed by atoms with Crippen LogP contribution in [0.1, 0.15) is 27.7 Å². The number of hydrogen-bond acceptors (Lipinski definition) is 7. The summed E-state index contributed by atoms with van der Waals surface area (Å²) in [5.74, 6) is -0.572. The fourth-order valence-corrected chi connectivity index (χ4v) is 4.76. The number of aliphatic hydroxyl groups excluding tert-OH is 1. The summed E-state index contributed by atoms with van der Waals surface area (Å²) in [5.41, 5.74) is 0.911. The molecule has 3 heterocycles. The quantitative estimate of drug-likeness (QED) is 0.633. The minimum atomic E-state index is -0.627. The molecule has 4 rings (SSSR count). The summed E-state index contributed by atoms with van der Waals surface area (Å²) in [6.07, 6.45) is 0.742. The van der Waals surface area contributed by atoms with E-state index in [9.17, 15) is 14.7 Å². The van der Waals surface area contributed by atoms with Crippen molar-refractivity contribution in [3.05, 3.63) is 63.6 Å². The van der Waals surface area contributed by atoms with Gasteiger partial charge in [0.15, 0.2) is 5.76 Å². The molecule has 2 aliphatic heterocycles. The summed E-state index contributed by atoms with van der Waals surface area (Å²) in [6.45, 7) is 4.47. The molecule has 1 atom stereocenters. The number of aliphatic hydroxyl groups is 1. The molecular weight excluding hydrogens is 416 g/mol. The fraction of sp³-hybridized carbons (Fsp3) is 0.391. The van der Waals surface area contributed by atoms with Gasteiger partial charge < -0.3 is 19.5 Å². The van der Waals surface area contributed by atoms with Crippen molar-refractivity contribution in [3.8, 4) is 5.75 Å². The van der Waals surface area contributed by atoms with Crippen molar-refractivity contribution >= 4 is 23.0 Å². The number of amides is 1. The van der Waals surface area contributed by atoms with Gasteiger partial charge in [0.05, 0.1) is 36.8 Å². The number of hydrogen-bond donors (Lipinski definition) is 1. The third-order valence-electron chi connectivity index (χ3n) is 5.70. The van der Waals surface area contributed by atoms with Crippen LogP contribution in [0.5, 0.6) is 5.75 Å². The van der Waals surface area contributed by atoms with Crippen molar-refractivity contribution in [3.63, 3.8) is 0 Å². The Kier molecular flexibility index (Phi) is 6.70. The summed E-state index contributed by atoms with van der Waals surface area (Å²) in [6, 6.07) is 10.2. The van der Waals surface area contributed by atoms with Gasteiger partial charge >= 0.3 is 0 Å². The zero-order chi connectivity index (χ0) is 21.8. The average molecular weight is 443 g/mol. The first kappa shape index (κ1) is 21.5. The first-order valence-corrected chi connectivity index (χ1v) is 11.2. The van der Waals surface area contributed by atoms with Gasteiger partial charge in [-0.25, -0.2) is 0 Å². The lowest BCUT2D eigenvalue weighted by molar-refractivity contribution is -0.129. The smallest absolute Gasteiger partial charge is 0.290 e. The zero-order valence-corrected chi connectivity index (χ0v) is 18.3. The van der Waals surface area contributed by atoms with E-state index in [1.807, 2.05) is 17.5 Å². The second-order valence-corrected chi connectivity index (χ2v) is 8.50. The number of thiophene rings is 1. The van der Waals surface area contributed by atoms with Crippen molar-refractivity contribution in [2.45, 2.75) is 12.5 Å². The van der Waals surface area contributed by atoms with Gasteiger partial charge in [-0.05, 0) is 35.6 Å². The van der Waals surface area contributed by atoms with E-state index in [0.717, 1.165) is 44.8 Å². The van der Waals surface area contributed by atoms with Crippen LogP contribution in [0.25, 0.3) is 0 Å². The first-order valence-electron chi connectivity index (χ1n) is 10.4. The van der Waals surface area contributed by atoms with Gasteiger partial charge in [0.25, 0.3) is 5.91 Å². The van der Waals surface area contributed by atoms with Crippen molar-refractivity contribution in [2.24, 2.45) is 0 Å². The van der Waals surface area contributed by atoms with E-state index in [2.05, 4.69) is 4.90 Å². The van der Waals surface area contributed by atoms with Gasteiger partial charge in [0, 0.05) is 26.2 Å². The minimum absolute atomic E-state index is 0.143. The molecule has 1 fully saturated rings. The van der Waals surface area contributed by atoms with E-state index in [-0.39, 0.29) is 11.4 Å². The van der Waals surface area contributed by atoms with E-state index in [1.165, 1.54) is 11.3 Å². The number of benzene rings is 1. The highest BCUT2D eigenvalue weighted by Crippen LogP contribution is 2.40. The molecular formula is C23H26N2O5S. The monoisotopic (exact) mass is 442 g/mol. The van der Waals surface area contributed by atoms with Crippen LogP contribution < -0.4 is 4.74 Å². The zero-order valence-electron chi connectivity index (χ0n) is 17.5. The van der Waals surface area contributed by atoms with E-state index in [1.54, 1.807) is 36.3 Å². The summed E-state index contributed by atoms with van der Waals surface area (Å²) in [7, 11) is 1.59. The second-order valence-electron chi connectivity index (χ2n) is 7.55. The summed E-state index contributed by atoms with van der Waals surface area (Å²) >= 11 is 1.30. The highest BCUT2D eigenvalue weighted by Gasteiger charge is 2.43. The Hall–Kier alpha value is -2.68. The normalized spacial score (nSPS) is 19.8. The molecule has 7 nitrogen and oxygen atoms in total. The van der Waals surface area contributed by atoms with Gasteiger partial charge in [-0.3, -0.25) is 14.5 Å². The maximum Gasteiger partial charge on any atom is 0.290 e. The SMILES string of the molecule is COc1ccc([C@@H]2C(C(=O)c3cccs3)=C(O)C(=O)N2CCCN2CCOCC2)cc1. The minimum Gasteiger partial charge on any atom is -0.503 e. The fourth-order valence-electron chi connectivity index (χ4n) is 4.08. The number of carbonyl (C=O) groups excluding carboxylic acids is 2. The molecule has 2 aliphatic rings. The number of ketones is 1. The number of methoxy groups -OCH3 is 1. The van der Waals surface area contributed by atoms with Crippen molar-refractivity contribution < 1.29 is 24.2 Å². The van der Waals surface area contributed by atoms with Gasteiger partial charge in [0.1, 0.15) is 5.75 Å². The Morgan fingerprint density at radius 3 is 2.58 bits per heavy atom. The maximum absolute atomic E-state index is 13.2. The van der Waals surface area contributed by atoms with E-state index >= 15 is 0 Å². The third kappa shape index (κ3) is 4.51. The lowest BCUT2D eigenvalue weighted by atomic mass is 9.95. The van der Waals surface area contributed by atoms with Gasteiger partial charge in [-0.15, -0.1) is 11.3 Å². The number of rotatable bonds is 8. The lowest BCUT2D eigenvalue weighted by Crippen LogP contribution is -2.39. The van der Waals surface area contributed by atoms with Gasteiger partial charge in [0.2, 0.25) is 5.78 Å². The molecule has 0 spiro atoms. The molecule has 1 saturated heterocycles. The number of nitrogens with zero attached hydrogens (tertiary/aromatic N) is 2. The number of carbonyl (C=O) groups is 2. The molecule has 0 unspecified atom stereocenters. The molecule has 1 amide bonds. The Labute approximate surface area is 185 Å². The summed E-state index contributed by atoms with van der Waals surface area (Å²) in [4.78, 5) is 30.6. The Bertz CT molecular complexity index is 949. The molecule has 0 bridgehead atoms.